The lowest BCUT2D eigenvalue weighted by Crippen LogP contribution is -2.08. The third-order valence-corrected chi connectivity index (χ3v) is 3.00. The fourth-order valence-electron chi connectivity index (χ4n) is 1.92. The van der Waals surface area contributed by atoms with Gasteiger partial charge in [-0.15, -0.1) is 0 Å². The lowest BCUT2D eigenvalue weighted by molar-refractivity contribution is -0.143. The van der Waals surface area contributed by atoms with E-state index in [0.717, 1.165) is 0 Å². The van der Waals surface area contributed by atoms with Crippen molar-refractivity contribution in [3.63, 3.8) is 0 Å². The number of oxazole rings is 1. The van der Waals surface area contributed by atoms with Crippen LogP contribution in [0.5, 0.6) is 5.95 Å². The number of aromatic nitrogens is 2. The van der Waals surface area contributed by atoms with E-state index in [9.17, 15) is 13.2 Å². The zero-order chi connectivity index (χ0) is 16.3. The molecule has 7 heteroatoms. The van der Waals surface area contributed by atoms with Crippen LogP contribution in [0.3, 0.4) is 0 Å². The Kier molecular flexibility index (Phi) is 4.01. The summed E-state index contributed by atoms with van der Waals surface area (Å²) in [5.41, 5.74) is -0.0621. The molecular weight excluding hydrogens is 309 g/mol. The van der Waals surface area contributed by atoms with Gasteiger partial charge >= 0.3 is 12.1 Å². The van der Waals surface area contributed by atoms with E-state index in [0.29, 0.717) is 11.1 Å². The van der Waals surface area contributed by atoms with Gasteiger partial charge in [-0.2, -0.15) is 13.2 Å². The van der Waals surface area contributed by atoms with Crippen molar-refractivity contribution in [1.82, 2.24) is 9.97 Å². The van der Waals surface area contributed by atoms with Crippen molar-refractivity contribution >= 4 is 0 Å². The summed E-state index contributed by atoms with van der Waals surface area (Å²) < 4.78 is 49.6. The number of rotatable bonds is 4. The molecule has 0 saturated carbocycles. The molecule has 3 rings (SSSR count). The van der Waals surface area contributed by atoms with E-state index < -0.39 is 17.8 Å². The first-order chi connectivity index (χ1) is 11.0. The van der Waals surface area contributed by atoms with Crippen LogP contribution in [-0.4, -0.2) is 9.97 Å². The molecule has 0 aliphatic heterocycles. The van der Waals surface area contributed by atoms with Crippen LogP contribution in [0, 0.1) is 0 Å². The third-order valence-electron chi connectivity index (χ3n) is 3.00. The summed E-state index contributed by atoms with van der Waals surface area (Å²) in [6.07, 6.45) is -1.61. The highest BCUT2D eigenvalue weighted by atomic mass is 19.4. The van der Waals surface area contributed by atoms with Gasteiger partial charge in [0.05, 0.1) is 0 Å². The summed E-state index contributed by atoms with van der Waals surface area (Å²) in [5.74, 6) is -0.782. The number of halogens is 3. The van der Waals surface area contributed by atoms with Gasteiger partial charge in [-0.05, 0) is 29.8 Å². The van der Waals surface area contributed by atoms with Crippen LogP contribution in [0.4, 0.5) is 13.2 Å². The van der Waals surface area contributed by atoms with Crippen LogP contribution in [0.25, 0.3) is 11.5 Å². The Morgan fingerprint density at radius 1 is 1.00 bits per heavy atom. The first kappa shape index (κ1) is 15.1. The molecule has 23 heavy (non-hydrogen) atoms. The fourth-order valence-corrected chi connectivity index (χ4v) is 1.92. The van der Waals surface area contributed by atoms with Gasteiger partial charge in [-0.3, -0.25) is 4.98 Å². The minimum Gasteiger partial charge on any atom is -0.459 e. The van der Waals surface area contributed by atoms with E-state index >= 15 is 0 Å². The van der Waals surface area contributed by atoms with E-state index in [-0.39, 0.29) is 12.5 Å². The molecule has 2 heterocycles. The van der Waals surface area contributed by atoms with E-state index in [1.54, 1.807) is 42.5 Å². The van der Waals surface area contributed by atoms with Crippen molar-refractivity contribution in [2.45, 2.75) is 12.8 Å². The fraction of sp³-hybridized carbons (Fsp3) is 0.125. The van der Waals surface area contributed by atoms with Crippen LogP contribution in [-0.2, 0) is 12.8 Å². The molecule has 0 aliphatic rings. The topological polar surface area (TPSA) is 48.2 Å². The van der Waals surface area contributed by atoms with Gasteiger partial charge in [0, 0.05) is 18.0 Å². The molecule has 0 N–H and O–H groups in total. The maximum absolute atomic E-state index is 13.1. The molecule has 0 spiro atoms. The Morgan fingerprint density at radius 3 is 2.35 bits per heavy atom. The summed E-state index contributed by atoms with van der Waals surface area (Å²) in [4.78, 5) is 7.36. The largest absolute Gasteiger partial charge is 0.459 e. The molecule has 0 fully saturated rings. The Hall–Kier alpha value is -2.83. The zero-order valence-corrected chi connectivity index (χ0v) is 11.7. The molecule has 0 bridgehead atoms. The number of pyridine rings is 1. The standard InChI is InChI=1S/C16H11F3N2O2/c17-16(18,19)13-15(22-10-11-6-8-20-9-7-11)23-14(21-13)12-4-2-1-3-5-12/h1-9H,10H2. The second-order valence-corrected chi connectivity index (χ2v) is 4.66. The summed E-state index contributed by atoms with van der Waals surface area (Å²) >= 11 is 0. The number of ether oxygens (including phenoxy) is 1. The van der Waals surface area contributed by atoms with Crippen LogP contribution in [0.15, 0.2) is 59.3 Å². The zero-order valence-electron chi connectivity index (χ0n) is 11.7. The average molecular weight is 320 g/mol. The lowest BCUT2D eigenvalue weighted by atomic mass is 10.2. The predicted molar refractivity (Wildman–Crippen MR) is 75.5 cm³/mol. The smallest absolute Gasteiger partial charge is 0.440 e. The van der Waals surface area contributed by atoms with Crippen LogP contribution >= 0.6 is 0 Å². The van der Waals surface area contributed by atoms with E-state index in [1.807, 2.05) is 0 Å². The van der Waals surface area contributed by atoms with Gasteiger partial charge in [-0.1, -0.05) is 18.2 Å². The number of nitrogens with zero attached hydrogens (tertiary/aromatic N) is 2. The highest BCUT2D eigenvalue weighted by molar-refractivity contribution is 5.54. The van der Waals surface area contributed by atoms with E-state index in [2.05, 4.69) is 9.97 Å². The van der Waals surface area contributed by atoms with Gasteiger partial charge in [-0.25, -0.2) is 4.98 Å². The molecule has 0 aliphatic carbocycles. The monoisotopic (exact) mass is 320 g/mol. The van der Waals surface area contributed by atoms with E-state index in [1.165, 1.54) is 12.4 Å². The van der Waals surface area contributed by atoms with Crippen molar-refractivity contribution in [2.75, 3.05) is 0 Å². The molecule has 118 valence electrons. The van der Waals surface area contributed by atoms with Crippen LogP contribution < -0.4 is 4.74 Å². The van der Waals surface area contributed by atoms with Crippen molar-refractivity contribution in [3.8, 4) is 17.4 Å². The van der Waals surface area contributed by atoms with E-state index in [4.69, 9.17) is 9.15 Å². The van der Waals surface area contributed by atoms with Gasteiger partial charge in [0.15, 0.2) is 0 Å². The van der Waals surface area contributed by atoms with Crippen molar-refractivity contribution in [3.05, 3.63) is 66.1 Å². The normalized spacial score (nSPS) is 11.4. The second kappa shape index (κ2) is 6.12. The number of benzene rings is 1. The van der Waals surface area contributed by atoms with Gasteiger partial charge in [0.1, 0.15) is 6.61 Å². The summed E-state index contributed by atoms with van der Waals surface area (Å²) in [7, 11) is 0. The third kappa shape index (κ3) is 3.50. The Bertz CT molecular complexity index is 771. The van der Waals surface area contributed by atoms with Crippen molar-refractivity contribution in [2.24, 2.45) is 0 Å². The molecule has 0 radical (unpaired) electrons. The Morgan fingerprint density at radius 2 is 1.70 bits per heavy atom. The molecule has 1 aromatic carbocycles. The van der Waals surface area contributed by atoms with Crippen molar-refractivity contribution < 1.29 is 22.3 Å². The molecule has 0 amide bonds. The molecule has 4 nitrogen and oxygen atoms in total. The Labute approximate surface area is 129 Å². The molecule has 3 aromatic rings. The SMILES string of the molecule is FC(F)(F)c1nc(-c2ccccc2)oc1OCc1ccncc1. The summed E-state index contributed by atoms with van der Waals surface area (Å²) in [6.45, 7) is -0.0744. The maximum Gasteiger partial charge on any atom is 0.440 e. The van der Waals surface area contributed by atoms with Gasteiger partial charge < -0.3 is 9.15 Å². The maximum atomic E-state index is 13.1. The molecular formula is C16H11F3N2O2. The minimum absolute atomic E-state index is 0.0744. The quantitative estimate of drug-likeness (QED) is 0.718. The molecule has 2 aromatic heterocycles. The van der Waals surface area contributed by atoms with Crippen LogP contribution in [0.2, 0.25) is 0 Å². The highest BCUT2D eigenvalue weighted by Gasteiger charge is 2.40. The number of hydrogen-bond acceptors (Lipinski definition) is 4. The molecule has 0 atom stereocenters. The van der Waals surface area contributed by atoms with Gasteiger partial charge in [0.25, 0.3) is 0 Å². The molecule has 0 unspecified atom stereocenters. The number of hydrogen-bond donors (Lipinski definition) is 0. The minimum atomic E-state index is -4.66. The Balaban J connectivity index is 1.90. The molecule has 0 saturated heterocycles. The highest BCUT2D eigenvalue weighted by Crippen LogP contribution is 2.38. The van der Waals surface area contributed by atoms with Crippen molar-refractivity contribution in [1.29, 1.82) is 0 Å². The summed E-state index contributed by atoms with van der Waals surface area (Å²) in [5, 5.41) is 0. The average Bonchev–Trinajstić information content (AvgIpc) is 2.99. The predicted octanol–water partition coefficient (Wildman–Crippen LogP) is 4.33. The van der Waals surface area contributed by atoms with Crippen LogP contribution in [0.1, 0.15) is 11.3 Å². The van der Waals surface area contributed by atoms with Gasteiger partial charge in [0.2, 0.25) is 11.6 Å². The second-order valence-electron chi connectivity index (χ2n) is 4.66. The first-order valence-electron chi connectivity index (χ1n) is 6.69. The lowest BCUT2D eigenvalue weighted by Gasteiger charge is -2.06. The first-order valence-corrected chi connectivity index (χ1v) is 6.69. The number of alkyl halides is 3. The summed E-state index contributed by atoms with van der Waals surface area (Å²) in [6, 6.07) is 11.6.